The molecule has 0 bridgehead atoms. The highest BCUT2D eigenvalue weighted by Gasteiger charge is 2.16. The summed E-state index contributed by atoms with van der Waals surface area (Å²) in [6.45, 7) is 2.47. The largest absolute Gasteiger partial charge is 0.490 e. The number of rotatable bonds is 7. The summed E-state index contributed by atoms with van der Waals surface area (Å²) in [6, 6.07) is 3.52. The van der Waals surface area contributed by atoms with Crippen LogP contribution in [0.4, 0.5) is 0 Å². The van der Waals surface area contributed by atoms with Gasteiger partial charge in [-0.15, -0.1) is 5.10 Å². The topological polar surface area (TPSA) is 92.5 Å². The quantitative estimate of drug-likeness (QED) is 0.536. The molecule has 0 saturated carbocycles. The van der Waals surface area contributed by atoms with Crippen molar-refractivity contribution in [1.29, 1.82) is 0 Å². The van der Waals surface area contributed by atoms with Crippen LogP contribution in [0.5, 0.6) is 11.5 Å². The highest BCUT2D eigenvalue weighted by molar-refractivity contribution is 9.10. The van der Waals surface area contributed by atoms with Crippen molar-refractivity contribution >= 4 is 45.0 Å². The summed E-state index contributed by atoms with van der Waals surface area (Å²) in [5.41, 5.74) is 0.753. The van der Waals surface area contributed by atoms with E-state index in [1.165, 1.54) is 11.8 Å². The average molecular weight is 402 g/mol. The number of halogens is 1. The summed E-state index contributed by atoms with van der Waals surface area (Å²) < 4.78 is 11.7. The molecule has 1 aliphatic rings. The third-order valence-electron chi connectivity index (χ3n) is 2.64. The summed E-state index contributed by atoms with van der Waals surface area (Å²) in [5.74, 6) is 1.38. The molecule has 124 valence electrons. The average Bonchev–Trinajstić information content (AvgIpc) is 2.94. The van der Waals surface area contributed by atoms with Crippen LogP contribution < -0.4 is 14.8 Å². The van der Waals surface area contributed by atoms with Gasteiger partial charge in [0.05, 0.1) is 25.2 Å². The van der Waals surface area contributed by atoms with Crippen LogP contribution in [0.1, 0.15) is 12.5 Å². The van der Waals surface area contributed by atoms with Crippen molar-refractivity contribution in [2.24, 2.45) is 10.2 Å². The second-order valence-electron chi connectivity index (χ2n) is 4.31. The number of carbonyl (C=O) groups excluding carboxylic acids is 1. The minimum absolute atomic E-state index is 0.0749. The van der Waals surface area contributed by atoms with Crippen LogP contribution in [-0.4, -0.2) is 48.0 Å². The first-order chi connectivity index (χ1) is 11.1. The fourth-order valence-electron chi connectivity index (χ4n) is 1.71. The number of hydrogen-bond donors (Lipinski definition) is 2. The van der Waals surface area contributed by atoms with Crippen LogP contribution in [-0.2, 0) is 4.79 Å². The fraction of sp³-hybridized carbons (Fsp3) is 0.357. The highest BCUT2D eigenvalue weighted by Crippen LogP contribution is 2.33. The van der Waals surface area contributed by atoms with Crippen LogP contribution in [0.25, 0.3) is 0 Å². The van der Waals surface area contributed by atoms with E-state index in [0.29, 0.717) is 29.0 Å². The van der Waals surface area contributed by atoms with Crippen molar-refractivity contribution in [3.63, 3.8) is 0 Å². The third kappa shape index (κ3) is 5.22. The van der Waals surface area contributed by atoms with Gasteiger partial charge in [0.2, 0.25) is 5.91 Å². The first kappa shape index (κ1) is 17.8. The minimum atomic E-state index is -0.0761. The second kappa shape index (κ2) is 8.90. The van der Waals surface area contributed by atoms with Gasteiger partial charge in [0.15, 0.2) is 16.7 Å². The van der Waals surface area contributed by atoms with Gasteiger partial charge in [-0.2, -0.15) is 5.10 Å². The molecule has 23 heavy (non-hydrogen) atoms. The molecule has 0 aromatic heterocycles. The molecule has 9 heteroatoms. The number of carbonyl (C=O) groups is 1. The van der Waals surface area contributed by atoms with E-state index in [0.717, 1.165) is 10.0 Å². The lowest BCUT2D eigenvalue weighted by Gasteiger charge is -2.13. The molecule has 7 nitrogen and oxygen atoms in total. The van der Waals surface area contributed by atoms with E-state index in [2.05, 4.69) is 31.4 Å². The fourth-order valence-corrected chi connectivity index (χ4v) is 2.76. The Morgan fingerprint density at radius 1 is 1.43 bits per heavy atom. The molecule has 0 spiro atoms. The molecule has 1 fully saturated rings. The van der Waals surface area contributed by atoms with Crippen molar-refractivity contribution in [2.45, 2.75) is 6.92 Å². The number of amidine groups is 1. The number of amides is 1. The molecular formula is C14H16BrN3O4S. The normalized spacial score (nSPS) is 16.1. The van der Waals surface area contributed by atoms with Crippen molar-refractivity contribution in [3.8, 4) is 11.5 Å². The number of aliphatic hydroxyl groups is 1. The van der Waals surface area contributed by atoms with Crippen LogP contribution in [0.15, 0.2) is 26.8 Å². The Balaban J connectivity index is 2.17. The molecule has 0 radical (unpaired) electrons. The Bertz CT molecular complexity index is 637. The van der Waals surface area contributed by atoms with Crippen LogP contribution in [0.3, 0.4) is 0 Å². The zero-order chi connectivity index (χ0) is 16.7. The maximum Gasteiger partial charge on any atom is 0.236 e. The summed E-state index contributed by atoms with van der Waals surface area (Å²) in [4.78, 5) is 11.1. The van der Waals surface area contributed by atoms with Crippen molar-refractivity contribution in [3.05, 3.63) is 22.2 Å². The van der Waals surface area contributed by atoms with E-state index in [1.807, 2.05) is 6.92 Å². The van der Waals surface area contributed by atoms with Gasteiger partial charge in [-0.25, -0.2) is 0 Å². The van der Waals surface area contributed by atoms with E-state index in [1.54, 1.807) is 18.3 Å². The van der Waals surface area contributed by atoms with Gasteiger partial charge < -0.3 is 19.9 Å². The van der Waals surface area contributed by atoms with Crippen LogP contribution in [0.2, 0.25) is 0 Å². The summed E-state index contributed by atoms with van der Waals surface area (Å²) >= 11 is 4.74. The first-order valence-electron chi connectivity index (χ1n) is 6.87. The number of ether oxygens (including phenoxy) is 2. The lowest BCUT2D eigenvalue weighted by molar-refractivity contribution is -0.116. The highest BCUT2D eigenvalue weighted by atomic mass is 79.9. The molecule has 2 N–H and O–H groups in total. The minimum Gasteiger partial charge on any atom is -0.490 e. The van der Waals surface area contributed by atoms with Crippen molar-refractivity contribution < 1.29 is 19.4 Å². The van der Waals surface area contributed by atoms with Gasteiger partial charge in [-0.05, 0) is 35.0 Å². The predicted molar refractivity (Wildman–Crippen MR) is 93.5 cm³/mol. The Morgan fingerprint density at radius 3 is 2.87 bits per heavy atom. The van der Waals surface area contributed by atoms with E-state index >= 15 is 0 Å². The predicted octanol–water partition coefficient (Wildman–Crippen LogP) is 1.77. The molecule has 1 aromatic carbocycles. The smallest absolute Gasteiger partial charge is 0.236 e. The van der Waals surface area contributed by atoms with Crippen LogP contribution >= 0.6 is 27.7 Å². The van der Waals surface area contributed by atoms with E-state index in [9.17, 15) is 4.79 Å². The summed E-state index contributed by atoms with van der Waals surface area (Å²) in [7, 11) is 0. The van der Waals surface area contributed by atoms with Crippen molar-refractivity contribution in [2.75, 3.05) is 25.6 Å². The van der Waals surface area contributed by atoms with Crippen LogP contribution in [0, 0.1) is 0 Å². The number of aliphatic hydroxyl groups excluding tert-OH is 1. The van der Waals surface area contributed by atoms with Crippen molar-refractivity contribution in [1.82, 2.24) is 5.32 Å². The molecule has 0 unspecified atom stereocenters. The lowest BCUT2D eigenvalue weighted by atomic mass is 10.2. The Hall–Kier alpha value is -1.58. The number of nitrogens with one attached hydrogen (secondary N) is 1. The van der Waals surface area contributed by atoms with Gasteiger partial charge in [-0.1, -0.05) is 11.8 Å². The zero-order valence-corrected chi connectivity index (χ0v) is 14.8. The molecule has 0 aliphatic carbocycles. The standard InChI is InChI=1S/C14H16BrN3O4S/c1-2-21-11-5-9(10(15)6-12(11)22-4-3-19)7-16-18-14-17-13(20)8-23-14/h5-7,19H,2-4,8H2,1H3,(H,17,18,20). The Kier molecular flexibility index (Phi) is 6.87. The second-order valence-corrected chi connectivity index (χ2v) is 6.13. The van der Waals surface area contributed by atoms with Gasteiger partial charge in [-0.3, -0.25) is 4.79 Å². The number of hydrogen-bond acceptors (Lipinski definition) is 7. The molecule has 1 aliphatic heterocycles. The number of benzene rings is 1. The molecule has 1 amide bonds. The van der Waals surface area contributed by atoms with Gasteiger partial charge in [0.25, 0.3) is 0 Å². The van der Waals surface area contributed by atoms with E-state index in [4.69, 9.17) is 14.6 Å². The van der Waals surface area contributed by atoms with Gasteiger partial charge in [0.1, 0.15) is 6.61 Å². The molecule has 1 saturated heterocycles. The lowest BCUT2D eigenvalue weighted by Crippen LogP contribution is -2.19. The molecule has 0 atom stereocenters. The Labute approximate surface area is 146 Å². The third-order valence-corrected chi connectivity index (χ3v) is 4.19. The monoisotopic (exact) mass is 401 g/mol. The maximum atomic E-state index is 11.1. The maximum absolute atomic E-state index is 11.1. The Morgan fingerprint density at radius 2 is 2.22 bits per heavy atom. The number of thioether (sulfide) groups is 1. The SMILES string of the molecule is CCOc1cc(C=NN=C2NC(=O)CS2)c(Br)cc1OCCO. The zero-order valence-electron chi connectivity index (χ0n) is 12.4. The van der Waals surface area contributed by atoms with Gasteiger partial charge >= 0.3 is 0 Å². The molecule has 2 rings (SSSR count). The van der Waals surface area contributed by atoms with E-state index in [-0.39, 0.29) is 19.1 Å². The first-order valence-corrected chi connectivity index (χ1v) is 8.65. The molecular weight excluding hydrogens is 386 g/mol. The molecule has 1 aromatic rings. The summed E-state index contributed by atoms with van der Waals surface area (Å²) in [6.07, 6.45) is 1.56. The number of nitrogens with zero attached hydrogens (tertiary/aromatic N) is 2. The molecule has 1 heterocycles. The van der Waals surface area contributed by atoms with E-state index < -0.39 is 0 Å². The summed E-state index contributed by atoms with van der Waals surface area (Å²) in [5, 5.41) is 19.9. The van der Waals surface area contributed by atoms with Gasteiger partial charge in [0, 0.05) is 10.0 Å².